The Kier molecular flexibility index (Phi) is 5.23. The molecule has 126 valence electrons. The average molecular weight is 336 g/mol. The number of halogens is 3. The van der Waals surface area contributed by atoms with E-state index in [1.807, 2.05) is 0 Å². The standard InChI is InChI=1S/C17H15F3N2O2/c18-17(19,20)13-6-3-4-11(8-13)9-16(24)22-14-7-2-1-5-12(14)10-15(21)23/h1-8H,9-10H2,(H2,21,23)(H,22,24). The summed E-state index contributed by atoms with van der Waals surface area (Å²) < 4.78 is 38.0. The summed E-state index contributed by atoms with van der Waals surface area (Å²) in [5.74, 6) is -1.03. The van der Waals surface area contributed by atoms with Crippen LogP contribution in [0.5, 0.6) is 0 Å². The Bertz CT molecular complexity index is 757. The minimum absolute atomic E-state index is 0.0417. The van der Waals surface area contributed by atoms with Crippen LogP contribution in [0.2, 0.25) is 0 Å². The first-order valence-corrected chi connectivity index (χ1v) is 7.08. The summed E-state index contributed by atoms with van der Waals surface area (Å²) in [4.78, 5) is 23.1. The van der Waals surface area contributed by atoms with Gasteiger partial charge in [-0.25, -0.2) is 0 Å². The molecule has 0 spiro atoms. The van der Waals surface area contributed by atoms with Gasteiger partial charge in [0.1, 0.15) is 0 Å². The van der Waals surface area contributed by atoms with Crippen molar-refractivity contribution < 1.29 is 22.8 Å². The molecule has 2 amide bonds. The number of rotatable bonds is 5. The van der Waals surface area contributed by atoms with Gasteiger partial charge in [0.15, 0.2) is 0 Å². The molecule has 0 atom stereocenters. The summed E-state index contributed by atoms with van der Waals surface area (Å²) in [5.41, 5.74) is 5.54. The number of amides is 2. The number of carbonyl (C=O) groups is 2. The molecule has 0 aromatic heterocycles. The highest BCUT2D eigenvalue weighted by Crippen LogP contribution is 2.29. The zero-order valence-electron chi connectivity index (χ0n) is 12.6. The van der Waals surface area contributed by atoms with Crippen molar-refractivity contribution in [2.24, 2.45) is 5.73 Å². The molecule has 0 saturated carbocycles. The molecule has 2 aromatic carbocycles. The van der Waals surface area contributed by atoms with E-state index >= 15 is 0 Å². The lowest BCUT2D eigenvalue weighted by Crippen LogP contribution is -2.19. The largest absolute Gasteiger partial charge is 0.416 e. The first-order valence-electron chi connectivity index (χ1n) is 7.08. The highest BCUT2D eigenvalue weighted by Gasteiger charge is 2.30. The Balaban J connectivity index is 2.11. The molecule has 0 fully saturated rings. The molecule has 0 aliphatic carbocycles. The SMILES string of the molecule is NC(=O)Cc1ccccc1NC(=O)Cc1cccc(C(F)(F)F)c1. The maximum atomic E-state index is 12.7. The van der Waals surface area contributed by atoms with Crippen molar-refractivity contribution in [2.75, 3.05) is 5.32 Å². The maximum absolute atomic E-state index is 12.7. The summed E-state index contributed by atoms with van der Waals surface area (Å²) in [6, 6.07) is 11.2. The van der Waals surface area contributed by atoms with Gasteiger partial charge in [0.25, 0.3) is 0 Å². The predicted octanol–water partition coefficient (Wildman–Crippen LogP) is 2.91. The fraction of sp³-hybridized carbons (Fsp3) is 0.176. The van der Waals surface area contributed by atoms with Crippen molar-refractivity contribution >= 4 is 17.5 Å². The number of primary amides is 1. The van der Waals surface area contributed by atoms with Gasteiger partial charge in [0, 0.05) is 5.69 Å². The van der Waals surface area contributed by atoms with E-state index in [0.717, 1.165) is 12.1 Å². The smallest absolute Gasteiger partial charge is 0.369 e. The fourth-order valence-corrected chi connectivity index (χ4v) is 2.22. The summed E-state index contributed by atoms with van der Waals surface area (Å²) in [5, 5.41) is 2.59. The molecule has 0 saturated heterocycles. The number of para-hydroxylation sites is 1. The molecule has 24 heavy (non-hydrogen) atoms. The molecule has 0 aliphatic heterocycles. The molecule has 4 nitrogen and oxygen atoms in total. The lowest BCUT2D eigenvalue weighted by molar-refractivity contribution is -0.137. The first-order chi connectivity index (χ1) is 11.3. The van der Waals surface area contributed by atoms with E-state index in [9.17, 15) is 22.8 Å². The van der Waals surface area contributed by atoms with Crippen LogP contribution in [0.25, 0.3) is 0 Å². The molecular formula is C17H15F3N2O2. The third-order valence-electron chi connectivity index (χ3n) is 3.28. The van der Waals surface area contributed by atoms with Crippen molar-refractivity contribution in [3.8, 4) is 0 Å². The van der Waals surface area contributed by atoms with Crippen LogP contribution in [-0.2, 0) is 28.6 Å². The normalized spacial score (nSPS) is 11.1. The third-order valence-corrected chi connectivity index (χ3v) is 3.28. The molecule has 7 heteroatoms. The quantitative estimate of drug-likeness (QED) is 0.881. The van der Waals surface area contributed by atoms with Gasteiger partial charge in [-0.2, -0.15) is 13.2 Å². The summed E-state index contributed by atoms with van der Waals surface area (Å²) in [6.07, 6.45) is -4.71. The second-order valence-electron chi connectivity index (χ2n) is 5.22. The predicted molar refractivity (Wildman–Crippen MR) is 83.1 cm³/mol. The molecule has 3 N–H and O–H groups in total. The van der Waals surface area contributed by atoms with Crippen LogP contribution in [0.1, 0.15) is 16.7 Å². The van der Waals surface area contributed by atoms with Gasteiger partial charge in [0.2, 0.25) is 11.8 Å². The maximum Gasteiger partial charge on any atom is 0.416 e. The van der Waals surface area contributed by atoms with Gasteiger partial charge < -0.3 is 11.1 Å². The lowest BCUT2D eigenvalue weighted by atomic mass is 10.1. The van der Waals surface area contributed by atoms with E-state index < -0.39 is 23.6 Å². The summed E-state index contributed by atoms with van der Waals surface area (Å²) in [6.45, 7) is 0. The lowest BCUT2D eigenvalue weighted by Gasteiger charge is -2.11. The van der Waals surface area contributed by atoms with E-state index in [4.69, 9.17) is 5.73 Å². The van der Waals surface area contributed by atoms with Crippen LogP contribution in [0, 0.1) is 0 Å². The van der Waals surface area contributed by atoms with Crippen molar-refractivity contribution in [3.63, 3.8) is 0 Å². The van der Waals surface area contributed by atoms with Crippen LogP contribution in [0.15, 0.2) is 48.5 Å². The number of anilines is 1. The highest BCUT2D eigenvalue weighted by molar-refractivity contribution is 5.93. The van der Waals surface area contributed by atoms with Crippen LogP contribution in [0.4, 0.5) is 18.9 Å². The minimum Gasteiger partial charge on any atom is -0.369 e. The summed E-state index contributed by atoms with van der Waals surface area (Å²) in [7, 11) is 0. The van der Waals surface area contributed by atoms with Gasteiger partial charge in [-0.05, 0) is 23.3 Å². The van der Waals surface area contributed by atoms with Crippen molar-refractivity contribution in [1.29, 1.82) is 0 Å². The average Bonchev–Trinajstić information content (AvgIpc) is 2.48. The van der Waals surface area contributed by atoms with Crippen LogP contribution in [0.3, 0.4) is 0 Å². The minimum atomic E-state index is -4.46. The number of hydrogen-bond acceptors (Lipinski definition) is 2. The number of carbonyl (C=O) groups excluding carboxylic acids is 2. The van der Waals surface area contributed by atoms with Gasteiger partial charge in [0.05, 0.1) is 18.4 Å². The number of benzene rings is 2. The van der Waals surface area contributed by atoms with Gasteiger partial charge >= 0.3 is 6.18 Å². The number of nitrogens with one attached hydrogen (secondary N) is 1. The first kappa shape index (κ1) is 17.5. The Labute approximate surface area is 136 Å². The van der Waals surface area contributed by atoms with Crippen molar-refractivity contribution in [3.05, 3.63) is 65.2 Å². The van der Waals surface area contributed by atoms with Crippen molar-refractivity contribution in [2.45, 2.75) is 19.0 Å². The number of hydrogen-bond donors (Lipinski definition) is 2. The molecule has 0 bridgehead atoms. The molecular weight excluding hydrogens is 321 g/mol. The van der Waals surface area contributed by atoms with Gasteiger partial charge in [-0.1, -0.05) is 36.4 Å². The van der Waals surface area contributed by atoms with Crippen molar-refractivity contribution in [1.82, 2.24) is 0 Å². The monoisotopic (exact) mass is 336 g/mol. The number of alkyl halides is 3. The molecule has 0 aliphatic rings. The van der Waals surface area contributed by atoms with E-state index in [0.29, 0.717) is 11.3 Å². The molecule has 0 heterocycles. The Hall–Kier alpha value is -2.83. The molecule has 0 radical (unpaired) electrons. The van der Waals surface area contributed by atoms with Gasteiger partial charge in [-0.3, -0.25) is 9.59 Å². The van der Waals surface area contributed by atoms with E-state index in [1.165, 1.54) is 12.1 Å². The number of nitrogens with two attached hydrogens (primary N) is 1. The van der Waals surface area contributed by atoms with E-state index in [1.54, 1.807) is 24.3 Å². The van der Waals surface area contributed by atoms with E-state index in [2.05, 4.69) is 5.32 Å². The fourth-order valence-electron chi connectivity index (χ4n) is 2.22. The highest BCUT2D eigenvalue weighted by atomic mass is 19.4. The Morgan fingerprint density at radius 1 is 1.00 bits per heavy atom. The van der Waals surface area contributed by atoms with Crippen LogP contribution < -0.4 is 11.1 Å². The molecule has 2 rings (SSSR count). The van der Waals surface area contributed by atoms with E-state index in [-0.39, 0.29) is 18.4 Å². The second kappa shape index (κ2) is 7.16. The van der Waals surface area contributed by atoms with Gasteiger partial charge in [-0.15, -0.1) is 0 Å². The van der Waals surface area contributed by atoms with Crippen LogP contribution >= 0.6 is 0 Å². The molecule has 2 aromatic rings. The summed E-state index contributed by atoms with van der Waals surface area (Å²) >= 11 is 0. The Morgan fingerprint density at radius 2 is 1.71 bits per heavy atom. The second-order valence-corrected chi connectivity index (χ2v) is 5.22. The zero-order valence-corrected chi connectivity index (χ0v) is 12.6. The topological polar surface area (TPSA) is 72.2 Å². The zero-order chi connectivity index (χ0) is 17.7. The van der Waals surface area contributed by atoms with Crippen LogP contribution in [-0.4, -0.2) is 11.8 Å². The Morgan fingerprint density at radius 3 is 2.38 bits per heavy atom. The molecule has 0 unspecified atom stereocenters. The third kappa shape index (κ3) is 4.84.